The van der Waals surface area contributed by atoms with Crippen molar-refractivity contribution < 1.29 is 14.3 Å². The van der Waals surface area contributed by atoms with Gasteiger partial charge in [-0.05, 0) is 45.0 Å². The van der Waals surface area contributed by atoms with Crippen molar-refractivity contribution in [1.82, 2.24) is 15.5 Å². The third kappa shape index (κ3) is 6.67. The van der Waals surface area contributed by atoms with E-state index >= 15 is 0 Å². The molecule has 2 fully saturated rings. The number of benzene rings is 1. The smallest absolute Gasteiger partial charge is 0.236 e. The standard InChI is InChI=1S/C27H35N5O3S/c1-16(2)13-20-22-23(21(35-20)14-18(5)17(3)4)25(34)32(24(22)33)12-11-29-27(36)31-26(28)30-15-19-9-7-6-8-10-19/h6-10,14,20-23H,1,3,11-13,15H2,2,4-5H3,(H4,28,29,30,31,36)/b18-14+. The van der Waals surface area contributed by atoms with E-state index in [1.54, 1.807) is 0 Å². The number of nitrogens with one attached hydrogen (secondary N) is 2. The average molecular weight is 510 g/mol. The number of carbonyl (C=O) groups is 2. The molecule has 3 rings (SSSR count). The van der Waals surface area contributed by atoms with Crippen LogP contribution in [-0.2, 0) is 20.9 Å². The van der Waals surface area contributed by atoms with Gasteiger partial charge in [-0.1, -0.05) is 59.7 Å². The van der Waals surface area contributed by atoms with Gasteiger partial charge in [0.1, 0.15) is 0 Å². The zero-order valence-corrected chi connectivity index (χ0v) is 21.9. The predicted molar refractivity (Wildman–Crippen MR) is 146 cm³/mol. The van der Waals surface area contributed by atoms with Gasteiger partial charge >= 0.3 is 0 Å². The summed E-state index contributed by atoms with van der Waals surface area (Å²) >= 11 is 5.24. The molecule has 1 aromatic carbocycles. The highest BCUT2D eigenvalue weighted by Gasteiger charge is 2.58. The van der Waals surface area contributed by atoms with Crippen molar-refractivity contribution >= 4 is 35.1 Å². The minimum absolute atomic E-state index is 0.174. The summed E-state index contributed by atoms with van der Waals surface area (Å²) in [6, 6.07) is 9.78. The van der Waals surface area contributed by atoms with Crippen LogP contribution >= 0.6 is 12.2 Å². The number of carbonyl (C=O) groups excluding carboxylic acids is 2. The molecular weight excluding hydrogens is 474 g/mol. The first-order valence-electron chi connectivity index (χ1n) is 12.0. The molecule has 4 atom stereocenters. The van der Waals surface area contributed by atoms with E-state index in [0.717, 1.165) is 22.3 Å². The molecule has 2 saturated heterocycles. The van der Waals surface area contributed by atoms with Crippen molar-refractivity contribution in [2.24, 2.45) is 22.6 Å². The minimum atomic E-state index is -0.557. The van der Waals surface area contributed by atoms with Crippen molar-refractivity contribution in [3.63, 3.8) is 0 Å². The lowest BCUT2D eigenvalue weighted by Crippen LogP contribution is -2.41. The van der Waals surface area contributed by atoms with Crippen LogP contribution in [0.4, 0.5) is 0 Å². The van der Waals surface area contributed by atoms with Gasteiger partial charge in [0.2, 0.25) is 11.8 Å². The molecule has 4 N–H and O–H groups in total. The topological polar surface area (TPSA) is 109 Å². The van der Waals surface area contributed by atoms with Crippen molar-refractivity contribution in [3.8, 4) is 0 Å². The second kappa shape index (κ2) is 12.1. The van der Waals surface area contributed by atoms with Gasteiger partial charge in [-0.2, -0.15) is 4.99 Å². The molecule has 36 heavy (non-hydrogen) atoms. The van der Waals surface area contributed by atoms with E-state index in [9.17, 15) is 9.59 Å². The van der Waals surface area contributed by atoms with Gasteiger partial charge in [0, 0.05) is 19.6 Å². The number of hydrogen-bond donors (Lipinski definition) is 3. The van der Waals surface area contributed by atoms with Crippen LogP contribution in [0.2, 0.25) is 0 Å². The summed E-state index contributed by atoms with van der Waals surface area (Å²) in [5.74, 6) is -1.36. The third-order valence-electron chi connectivity index (χ3n) is 6.36. The summed E-state index contributed by atoms with van der Waals surface area (Å²) in [5.41, 5.74) is 9.71. The Bertz CT molecular complexity index is 1100. The van der Waals surface area contributed by atoms with E-state index in [1.807, 2.05) is 57.2 Å². The van der Waals surface area contributed by atoms with Crippen LogP contribution in [0.1, 0.15) is 32.8 Å². The molecule has 2 heterocycles. The van der Waals surface area contributed by atoms with Gasteiger partial charge in [0.15, 0.2) is 11.1 Å². The molecule has 2 aliphatic rings. The number of ether oxygens (including phenoxy) is 1. The fraction of sp³-hybridized carbons (Fsp3) is 0.407. The number of fused-ring (bicyclic) bond motifs is 1. The lowest BCUT2D eigenvalue weighted by Gasteiger charge is -2.21. The molecule has 0 bridgehead atoms. The maximum atomic E-state index is 13.3. The van der Waals surface area contributed by atoms with Crippen molar-refractivity contribution in [2.75, 3.05) is 13.1 Å². The predicted octanol–water partition coefficient (Wildman–Crippen LogP) is 2.82. The Morgan fingerprint density at radius 3 is 2.44 bits per heavy atom. The van der Waals surface area contributed by atoms with Gasteiger partial charge in [-0.25, -0.2) is 0 Å². The highest BCUT2D eigenvalue weighted by Crippen LogP contribution is 2.43. The highest BCUT2D eigenvalue weighted by molar-refractivity contribution is 7.80. The van der Waals surface area contributed by atoms with Gasteiger partial charge in [-0.15, -0.1) is 6.58 Å². The number of nitrogens with two attached hydrogens (primary N) is 1. The maximum Gasteiger partial charge on any atom is 0.236 e. The van der Waals surface area contributed by atoms with Crippen LogP contribution < -0.4 is 16.4 Å². The zero-order valence-electron chi connectivity index (χ0n) is 21.1. The Kier molecular flexibility index (Phi) is 9.17. The van der Waals surface area contributed by atoms with Gasteiger partial charge in [0.25, 0.3) is 0 Å². The molecule has 2 aliphatic heterocycles. The second-order valence-corrected chi connectivity index (χ2v) is 9.76. The van der Waals surface area contributed by atoms with Crippen molar-refractivity contribution in [2.45, 2.75) is 45.9 Å². The van der Waals surface area contributed by atoms with Crippen LogP contribution in [0.5, 0.6) is 0 Å². The van der Waals surface area contributed by atoms with Crippen LogP contribution in [-0.4, -0.2) is 53.1 Å². The lowest BCUT2D eigenvalue weighted by atomic mass is 9.86. The number of rotatable bonds is 9. The number of amides is 2. The molecule has 0 saturated carbocycles. The molecule has 4 unspecified atom stereocenters. The molecule has 2 amide bonds. The van der Waals surface area contributed by atoms with E-state index in [4.69, 9.17) is 22.7 Å². The minimum Gasteiger partial charge on any atom is -0.370 e. The first kappa shape index (κ1) is 27.3. The number of aliphatic imine (C=N–C) groups is 1. The van der Waals surface area contributed by atoms with E-state index in [0.29, 0.717) is 13.0 Å². The molecule has 0 spiro atoms. The number of nitrogens with zero attached hydrogens (tertiary/aromatic N) is 2. The highest BCUT2D eigenvalue weighted by atomic mass is 32.1. The molecule has 1 aromatic rings. The molecule has 8 nitrogen and oxygen atoms in total. The van der Waals surface area contributed by atoms with E-state index < -0.39 is 17.9 Å². The summed E-state index contributed by atoms with van der Waals surface area (Å²) in [4.78, 5) is 32.0. The van der Waals surface area contributed by atoms with Gasteiger partial charge < -0.3 is 21.1 Å². The van der Waals surface area contributed by atoms with Crippen LogP contribution in [0.25, 0.3) is 0 Å². The third-order valence-corrected chi connectivity index (χ3v) is 6.60. The van der Waals surface area contributed by atoms with E-state index in [2.05, 4.69) is 28.8 Å². The van der Waals surface area contributed by atoms with E-state index in [1.165, 1.54) is 4.90 Å². The molecule has 192 valence electrons. The fourth-order valence-corrected chi connectivity index (χ4v) is 4.60. The molecule has 9 heteroatoms. The fourth-order valence-electron chi connectivity index (χ4n) is 4.40. The number of thiocarbonyl (C=S) groups is 1. The first-order chi connectivity index (χ1) is 17.1. The summed E-state index contributed by atoms with van der Waals surface area (Å²) in [6.45, 7) is 14.6. The van der Waals surface area contributed by atoms with E-state index in [-0.39, 0.29) is 42.1 Å². The Morgan fingerprint density at radius 1 is 1.14 bits per heavy atom. The first-order valence-corrected chi connectivity index (χ1v) is 12.4. The maximum absolute atomic E-state index is 13.3. The van der Waals surface area contributed by atoms with Crippen LogP contribution in [0.15, 0.2) is 71.3 Å². The lowest BCUT2D eigenvalue weighted by molar-refractivity contribution is -0.143. The van der Waals surface area contributed by atoms with Gasteiger partial charge in [-0.3, -0.25) is 14.5 Å². The van der Waals surface area contributed by atoms with Gasteiger partial charge in [0.05, 0.1) is 24.0 Å². The molecule has 0 aliphatic carbocycles. The van der Waals surface area contributed by atoms with Crippen molar-refractivity contribution in [3.05, 3.63) is 71.8 Å². The zero-order chi connectivity index (χ0) is 26.4. The normalized spacial score (nSPS) is 24.0. The average Bonchev–Trinajstić information content (AvgIpc) is 3.28. The summed E-state index contributed by atoms with van der Waals surface area (Å²) in [6.07, 6.45) is 1.56. The summed E-state index contributed by atoms with van der Waals surface area (Å²) in [7, 11) is 0. The Hall–Kier alpha value is -3.30. The monoisotopic (exact) mass is 509 g/mol. The SMILES string of the molecule is C=C(C)CC1OC(/C=C(\C)C(=C)C)C2C(=O)N(CCNC(=S)/N=C(\N)NCc3ccccc3)C(=O)C12. The number of guanidine groups is 1. The Labute approximate surface area is 218 Å². The number of allylic oxidation sites excluding steroid dienone is 2. The molecule has 0 aromatic heterocycles. The number of hydrogen-bond acceptors (Lipinski definition) is 4. The quantitative estimate of drug-likeness (QED) is 0.117. The Morgan fingerprint density at radius 2 is 1.81 bits per heavy atom. The number of imide groups is 1. The number of likely N-dealkylation sites (tertiary alicyclic amines) is 1. The summed E-state index contributed by atoms with van der Waals surface area (Å²) in [5, 5.41) is 6.13. The Balaban J connectivity index is 1.60. The second-order valence-electron chi connectivity index (χ2n) is 9.38. The van der Waals surface area contributed by atoms with Crippen molar-refractivity contribution in [1.29, 1.82) is 0 Å². The summed E-state index contributed by atoms with van der Waals surface area (Å²) < 4.78 is 6.17. The van der Waals surface area contributed by atoms with Crippen LogP contribution in [0, 0.1) is 11.8 Å². The van der Waals surface area contributed by atoms with Crippen LogP contribution in [0.3, 0.4) is 0 Å². The molecule has 0 radical (unpaired) electrons. The largest absolute Gasteiger partial charge is 0.370 e. The molecular formula is C27H35N5O3S.